The van der Waals surface area contributed by atoms with Gasteiger partial charge in [-0.3, -0.25) is 14.4 Å². The monoisotopic (exact) mass is 277 g/mol. The van der Waals surface area contributed by atoms with Crippen LogP contribution >= 0.6 is 11.8 Å². The van der Waals surface area contributed by atoms with Crippen LogP contribution in [0.25, 0.3) is 0 Å². The molecule has 2 unspecified atom stereocenters. The molecule has 1 amide bonds. The van der Waals surface area contributed by atoms with E-state index in [4.69, 9.17) is 0 Å². The fourth-order valence-corrected chi connectivity index (χ4v) is 2.24. The highest BCUT2D eigenvalue weighted by molar-refractivity contribution is 8.00. The number of rotatable bonds is 7. The van der Waals surface area contributed by atoms with E-state index in [-0.39, 0.29) is 0 Å². The molecule has 0 rings (SSSR count). The molecule has 0 aliphatic carbocycles. The fourth-order valence-electron chi connectivity index (χ4n) is 1.62. The number of thioether (sulfide) groups is 1. The topological polar surface area (TPSA) is 94.9 Å². The number of aliphatic carboxylic acids is 2. The number of hydrogen-bond donors (Lipinski definition) is 2. The summed E-state index contributed by atoms with van der Waals surface area (Å²) in [6.07, 6.45) is 1.49. The zero-order valence-corrected chi connectivity index (χ0v) is 11.8. The van der Waals surface area contributed by atoms with Gasteiger partial charge in [0.1, 0.15) is 4.75 Å². The van der Waals surface area contributed by atoms with E-state index in [0.29, 0.717) is 13.1 Å². The van der Waals surface area contributed by atoms with Crippen molar-refractivity contribution in [3.8, 4) is 0 Å². The molecule has 0 spiro atoms. The smallest absolute Gasteiger partial charge is 0.320 e. The van der Waals surface area contributed by atoms with Gasteiger partial charge in [-0.05, 0) is 27.0 Å². The average molecular weight is 277 g/mol. The standard InChI is InChI=1S/C11H19NO5S/c1-5-12(6-2)8(13)7(9(14)15)11(3,18-4)10(16)17/h7H,5-6H2,1-4H3,(H,14,15)(H,16,17). The minimum absolute atomic E-state index is 0.350. The highest BCUT2D eigenvalue weighted by Gasteiger charge is 2.50. The molecule has 0 aromatic carbocycles. The number of nitrogens with zero attached hydrogens (tertiary/aromatic N) is 1. The van der Waals surface area contributed by atoms with Gasteiger partial charge in [0.25, 0.3) is 0 Å². The predicted octanol–water partition coefficient (Wildman–Crippen LogP) is 0.762. The normalized spacial score (nSPS) is 15.6. The van der Waals surface area contributed by atoms with Gasteiger partial charge in [0.15, 0.2) is 5.92 Å². The van der Waals surface area contributed by atoms with Crippen LogP contribution in [0.3, 0.4) is 0 Å². The Labute approximate surface area is 110 Å². The van der Waals surface area contributed by atoms with Crippen LogP contribution < -0.4 is 0 Å². The van der Waals surface area contributed by atoms with Gasteiger partial charge in [-0.25, -0.2) is 0 Å². The summed E-state index contributed by atoms with van der Waals surface area (Å²) in [6.45, 7) is 5.40. The second-order valence-electron chi connectivity index (χ2n) is 3.90. The van der Waals surface area contributed by atoms with Crippen LogP contribution in [0.5, 0.6) is 0 Å². The molecule has 0 radical (unpaired) electrons. The van der Waals surface area contributed by atoms with Crippen molar-refractivity contribution in [1.29, 1.82) is 0 Å². The van der Waals surface area contributed by atoms with Gasteiger partial charge in [-0.15, -0.1) is 11.8 Å². The van der Waals surface area contributed by atoms with Gasteiger partial charge in [-0.2, -0.15) is 0 Å². The number of carbonyl (C=O) groups is 3. The molecule has 104 valence electrons. The first-order valence-corrected chi connectivity index (χ1v) is 6.78. The van der Waals surface area contributed by atoms with Gasteiger partial charge in [0.2, 0.25) is 5.91 Å². The van der Waals surface area contributed by atoms with Gasteiger partial charge >= 0.3 is 11.9 Å². The van der Waals surface area contributed by atoms with E-state index in [9.17, 15) is 24.6 Å². The molecule has 0 aliphatic rings. The van der Waals surface area contributed by atoms with E-state index in [1.54, 1.807) is 13.8 Å². The van der Waals surface area contributed by atoms with Crippen molar-refractivity contribution in [2.75, 3.05) is 19.3 Å². The highest BCUT2D eigenvalue weighted by atomic mass is 32.2. The minimum atomic E-state index is -1.68. The number of hydrogen-bond acceptors (Lipinski definition) is 4. The molecule has 0 aromatic heterocycles. The molecule has 0 aromatic rings. The molecule has 2 atom stereocenters. The third kappa shape index (κ3) is 3.16. The van der Waals surface area contributed by atoms with Gasteiger partial charge < -0.3 is 15.1 Å². The van der Waals surface area contributed by atoms with Gasteiger partial charge in [0.05, 0.1) is 0 Å². The van der Waals surface area contributed by atoms with Crippen LogP contribution in [-0.2, 0) is 14.4 Å². The number of carboxylic acids is 2. The Morgan fingerprint density at radius 2 is 1.67 bits per heavy atom. The minimum Gasteiger partial charge on any atom is -0.481 e. The molecule has 0 bridgehead atoms. The lowest BCUT2D eigenvalue weighted by molar-refractivity contribution is -0.158. The lowest BCUT2D eigenvalue weighted by Gasteiger charge is -2.32. The van der Waals surface area contributed by atoms with Crippen molar-refractivity contribution in [3.63, 3.8) is 0 Å². The van der Waals surface area contributed by atoms with Crippen molar-refractivity contribution >= 4 is 29.6 Å². The molecule has 0 saturated carbocycles. The highest BCUT2D eigenvalue weighted by Crippen LogP contribution is 2.33. The van der Waals surface area contributed by atoms with Crippen LogP contribution in [0.4, 0.5) is 0 Å². The maximum Gasteiger partial charge on any atom is 0.320 e. The maximum absolute atomic E-state index is 12.1. The number of amides is 1. The largest absolute Gasteiger partial charge is 0.481 e. The second-order valence-corrected chi connectivity index (χ2v) is 5.15. The summed E-state index contributed by atoms with van der Waals surface area (Å²) in [7, 11) is 0. The van der Waals surface area contributed by atoms with Crippen LogP contribution in [0.1, 0.15) is 20.8 Å². The van der Waals surface area contributed by atoms with Crippen LogP contribution in [-0.4, -0.2) is 57.1 Å². The van der Waals surface area contributed by atoms with E-state index in [0.717, 1.165) is 11.8 Å². The Balaban J connectivity index is 5.51. The van der Waals surface area contributed by atoms with Gasteiger partial charge in [0, 0.05) is 13.1 Å². The summed E-state index contributed by atoms with van der Waals surface area (Å²) in [5, 5.41) is 18.3. The van der Waals surface area contributed by atoms with E-state index < -0.39 is 28.5 Å². The first kappa shape index (κ1) is 16.8. The summed E-state index contributed by atoms with van der Waals surface area (Å²) < 4.78 is -1.68. The lowest BCUT2D eigenvalue weighted by atomic mass is 9.91. The molecular weight excluding hydrogens is 258 g/mol. The fraction of sp³-hybridized carbons (Fsp3) is 0.727. The van der Waals surface area contributed by atoms with Crippen LogP contribution in [0.15, 0.2) is 0 Å². The molecule has 0 heterocycles. The van der Waals surface area contributed by atoms with E-state index in [1.807, 2.05) is 0 Å². The van der Waals surface area contributed by atoms with Crippen LogP contribution in [0.2, 0.25) is 0 Å². The number of carboxylic acid groups (broad SMARTS) is 2. The Morgan fingerprint density at radius 1 is 1.22 bits per heavy atom. The van der Waals surface area contributed by atoms with E-state index in [2.05, 4.69) is 0 Å². The second kappa shape index (κ2) is 6.63. The van der Waals surface area contributed by atoms with Crippen molar-refractivity contribution in [2.45, 2.75) is 25.5 Å². The summed E-state index contributed by atoms with van der Waals surface area (Å²) in [4.78, 5) is 36.0. The summed E-state index contributed by atoms with van der Waals surface area (Å²) in [5.41, 5.74) is 0. The summed E-state index contributed by atoms with van der Waals surface area (Å²) in [6, 6.07) is 0. The zero-order valence-electron chi connectivity index (χ0n) is 11.0. The van der Waals surface area contributed by atoms with E-state index in [1.165, 1.54) is 18.1 Å². The summed E-state index contributed by atoms with van der Waals surface area (Å²) >= 11 is 0.856. The zero-order chi connectivity index (χ0) is 14.5. The Morgan fingerprint density at radius 3 is 1.89 bits per heavy atom. The Kier molecular flexibility index (Phi) is 6.17. The molecule has 0 fully saturated rings. The summed E-state index contributed by atoms with van der Waals surface area (Å²) in [5.74, 6) is -4.97. The third-order valence-corrected chi connectivity index (χ3v) is 4.23. The molecule has 6 nitrogen and oxygen atoms in total. The lowest BCUT2D eigenvalue weighted by Crippen LogP contribution is -2.52. The first-order valence-electron chi connectivity index (χ1n) is 5.56. The molecule has 0 aliphatic heterocycles. The van der Waals surface area contributed by atoms with Crippen molar-refractivity contribution in [3.05, 3.63) is 0 Å². The SMILES string of the molecule is CCN(CC)C(=O)C(C(=O)O)C(C)(SC)C(=O)O. The molecular formula is C11H19NO5S. The van der Waals surface area contributed by atoms with Crippen LogP contribution in [0, 0.1) is 5.92 Å². The molecule has 18 heavy (non-hydrogen) atoms. The Hall–Kier alpha value is -1.24. The van der Waals surface area contributed by atoms with Crippen molar-refractivity contribution < 1.29 is 24.6 Å². The predicted molar refractivity (Wildman–Crippen MR) is 68.6 cm³/mol. The average Bonchev–Trinajstić information content (AvgIpc) is 2.29. The van der Waals surface area contributed by atoms with Gasteiger partial charge in [-0.1, -0.05) is 0 Å². The van der Waals surface area contributed by atoms with E-state index >= 15 is 0 Å². The quantitative estimate of drug-likeness (QED) is 0.667. The Bertz CT molecular complexity index is 342. The maximum atomic E-state index is 12.1. The molecule has 7 heteroatoms. The molecule has 2 N–H and O–H groups in total. The number of carbonyl (C=O) groups excluding carboxylic acids is 1. The first-order chi connectivity index (χ1) is 8.26. The molecule has 0 saturated heterocycles. The van der Waals surface area contributed by atoms with Crippen molar-refractivity contribution in [1.82, 2.24) is 4.90 Å². The van der Waals surface area contributed by atoms with Crippen molar-refractivity contribution in [2.24, 2.45) is 5.92 Å². The third-order valence-electron chi connectivity index (χ3n) is 2.97.